The van der Waals surface area contributed by atoms with Gasteiger partial charge in [0.1, 0.15) is 18.2 Å². The number of anilines is 1. The van der Waals surface area contributed by atoms with Crippen LogP contribution in [0, 0.1) is 0 Å². The predicted octanol–water partition coefficient (Wildman–Crippen LogP) is 2.36. The lowest BCUT2D eigenvalue weighted by Crippen LogP contribution is -2.52. The first kappa shape index (κ1) is 32.3. The van der Waals surface area contributed by atoms with Crippen molar-refractivity contribution >= 4 is 35.4 Å². The molecule has 2 aliphatic heterocycles. The molecule has 0 aromatic heterocycles. The van der Waals surface area contributed by atoms with E-state index in [1.165, 1.54) is 9.80 Å². The number of ether oxygens (including phenoxy) is 3. The summed E-state index contributed by atoms with van der Waals surface area (Å²) < 4.78 is 16.2. The number of rotatable bonds is 14. The number of azide groups is 1. The Kier molecular flexibility index (Phi) is 11.7. The van der Waals surface area contributed by atoms with Crippen LogP contribution in [-0.2, 0) is 35.1 Å². The van der Waals surface area contributed by atoms with E-state index >= 15 is 0 Å². The van der Waals surface area contributed by atoms with E-state index in [0.29, 0.717) is 49.7 Å². The Labute approximate surface area is 243 Å². The highest BCUT2D eigenvalue weighted by atomic mass is 16.6. The molecule has 0 saturated carbocycles. The first-order valence-electron chi connectivity index (χ1n) is 13.7. The van der Waals surface area contributed by atoms with Gasteiger partial charge in [-0.15, -0.1) is 0 Å². The van der Waals surface area contributed by atoms with Gasteiger partial charge in [-0.2, -0.15) is 0 Å². The van der Waals surface area contributed by atoms with Gasteiger partial charge in [0.05, 0.1) is 19.8 Å². The molecule has 42 heavy (non-hydrogen) atoms. The van der Waals surface area contributed by atoms with Crippen LogP contribution in [0.1, 0.15) is 56.0 Å². The van der Waals surface area contributed by atoms with Crippen LogP contribution in [0.25, 0.3) is 10.4 Å². The second kappa shape index (κ2) is 15.1. The van der Waals surface area contributed by atoms with E-state index in [0.717, 1.165) is 0 Å². The van der Waals surface area contributed by atoms with Crippen LogP contribution in [0.2, 0.25) is 0 Å². The van der Waals surface area contributed by atoms with E-state index < -0.39 is 29.6 Å². The molecule has 2 aliphatic rings. The summed E-state index contributed by atoms with van der Waals surface area (Å²) in [5.74, 6) is -1.62. The summed E-state index contributed by atoms with van der Waals surface area (Å²) in [6.07, 6.45) is 0.222. The maximum absolute atomic E-state index is 12.9. The van der Waals surface area contributed by atoms with Crippen LogP contribution < -0.4 is 10.6 Å². The molecule has 15 nitrogen and oxygen atoms in total. The monoisotopic (exact) mass is 587 g/mol. The number of nitrogens with one attached hydrogen (secondary N) is 2. The van der Waals surface area contributed by atoms with Crippen LogP contribution in [0.3, 0.4) is 0 Å². The number of benzene rings is 1. The zero-order valence-electron chi connectivity index (χ0n) is 24.1. The van der Waals surface area contributed by atoms with Gasteiger partial charge in [0.25, 0.3) is 5.91 Å². The van der Waals surface area contributed by atoms with Crippen molar-refractivity contribution in [1.29, 1.82) is 0 Å². The molecule has 3 rings (SSSR count). The Hall–Kier alpha value is -4.20. The number of carbonyl (C=O) groups is 5. The Morgan fingerprint density at radius 3 is 2.60 bits per heavy atom. The summed E-state index contributed by atoms with van der Waals surface area (Å²) in [5, 5.41) is 8.40. The van der Waals surface area contributed by atoms with E-state index in [-0.39, 0.29) is 50.8 Å². The number of amides is 5. The fourth-order valence-electron chi connectivity index (χ4n) is 4.42. The highest BCUT2D eigenvalue weighted by molar-refractivity contribution is 6.05. The smallest absolute Gasteiger partial charge is 0.410 e. The van der Waals surface area contributed by atoms with E-state index in [1.807, 2.05) is 0 Å². The molecule has 1 saturated heterocycles. The molecule has 5 amide bonds. The van der Waals surface area contributed by atoms with Gasteiger partial charge in [-0.1, -0.05) is 5.11 Å². The van der Waals surface area contributed by atoms with Crippen molar-refractivity contribution in [1.82, 2.24) is 15.1 Å². The molecule has 0 radical (unpaired) electrons. The highest BCUT2D eigenvalue weighted by Crippen LogP contribution is 2.29. The van der Waals surface area contributed by atoms with Crippen molar-refractivity contribution in [2.45, 2.75) is 58.2 Å². The Bertz CT molecular complexity index is 1230. The molecule has 0 spiro atoms. The van der Waals surface area contributed by atoms with Gasteiger partial charge in [0.15, 0.2) is 0 Å². The number of hydrogen-bond donors (Lipinski definition) is 2. The lowest BCUT2D eigenvalue weighted by Gasteiger charge is -2.29. The third kappa shape index (κ3) is 9.72. The van der Waals surface area contributed by atoms with E-state index in [1.54, 1.807) is 39.0 Å². The van der Waals surface area contributed by atoms with Crippen molar-refractivity contribution < 1.29 is 38.2 Å². The standard InChI is InChI=1S/C27H37N7O8/c1-27(2,3)42-26(39)33(10-4-11-40-13-14-41-12-9-29-32-28)17-23(36)30-19-5-6-20-18(15-19)16-34(25(20)38)21-7-8-22(35)31-24(21)37/h5-6,15,21H,4,7-14,16-17H2,1-3H3,(H,30,36)(H,31,35,37). The molecule has 1 aromatic rings. The number of nitrogens with zero attached hydrogens (tertiary/aromatic N) is 5. The number of imide groups is 1. The average molecular weight is 588 g/mol. The van der Waals surface area contributed by atoms with Crippen LogP contribution >= 0.6 is 0 Å². The number of fused-ring (bicyclic) bond motifs is 1. The molecule has 1 atom stereocenters. The molecule has 1 aromatic carbocycles. The van der Waals surface area contributed by atoms with E-state index in [4.69, 9.17) is 19.7 Å². The molecular formula is C27H37N7O8. The number of piperidine rings is 1. The molecule has 1 fully saturated rings. The second-order valence-electron chi connectivity index (χ2n) is 10.8. The lowest BCUT2D eigenvalue weighted by atomic mass is 10.0. The zero-order valence-corrected chi connectivity index (χ0v) is 24.1. The van der Waals surface area contributed by atoms with Crippen LogP contribution in [0.5, 0.6) is 0 Å². The third-order valence-electron chi connectivity index (χ3n) is 6.28. The summed E-state index contributed by atoms with van der Waals surface area (Å²) in [7, 11) is 0. The Morgan fingerprint density at radius 1 is 1.17 bits per heavy atom. The predicted molar refractivity (Wildman–Crippen MR) is 149 cm³/mol. The molecule has 0 bridgehead atoms. The maximum atomic E-state index is 12.9. The quantitative estimate of drug-likeness (QED) is 0.109. The van der Waals surface area contributed by atoms with Crippen molar-refractivity contribution in [2.75, 3.05) is 51.4 Å². The van der Waals surface area contributed by atoms with Crippen LogP contribution in [0.15, 0.2) is 23.3 Å². The summed E-state index contributed by atoms with van der Waals surface area (Å²) in [4.78, 5) is 67.8. The summed E-state index contributed by atoms with van der Waals surface area (Å²) >= 11 is 0. The van der Waals surface area contributed by atoms with Gasteiger partial charge in [0, 0.05) is 48.8 Å². The third-order valence-corrected chi connectivity index (χ3v) is 6.28. The normalized spacial score (nSPS) is 16.4. The summed E-state index contributed by atoms with van der Waals surface area (Å²) in [5.41, 5.74) is 8.98. The first-order chi connectivity index (χ1) is 20.0. The fourth-order valence-corrected chi connectivity index (χ4v) is 4.42. The van der Waals surface area contributed by atoms with E-state index in [9.17, 15) is 24.0 Å². The molecule has 15 heteroatoms. The first-order valence-corrected chi connectivity index (χ1v) is 13.7. The minimum atomic E-state index is -0.754. The topological polar surface area (TPSA) is 192 Å². The Balaban J connectivity index is 1.53. The van der Waals surface area contributed by atoms with Crippen molar-refractivity contribution in [3.8, 4) is 0 Å². The van der Waals surface area contributed by atoms with Crippen molar-refractivity contribution in [3.63, 3.8) is 0 Å². The number of hydrogen-bond acceptors (Lipinski definition) is 9. The van der Waals surface area contributed by atoms with Crippen LogP contribution in [-0.4, -0.2) is 97.2 Å². The van der Waals surface area contributed by atoms with Gasteiger partial charge >= 0.3 is 6.09 Å². The average Bonchev–Trinajstić information content (AvgIpc) is 3.23. The minimum Gasteiger partial charge on any atom is -0.444 e. The molecule has 2 N–H and O–H groups in total. The van der Waals surface area contributed by atoms with Gasteiger partial charge in [-0.05, 0) is 62.9 Å². The maximum Gasteiger partial charge on any atom is 0.410 e. The molecule has 2 heterocycles. The molecular weight excluding hydrogens is 550 g/mol. The van der Waals surface area contributed by atoms with Gasteiger partial charge < -0.3 is 24.4 Å². The largest absolute Gasteiger partial charge is 0.444 e. The van der Waals surface area contributed by atoms with Crippen LogP contribution in [0.4, 0.5) is 10.5 Å². The van der Waals surface area contributed by atoms with Gasteiger partial charge in [0.2, 0.25) is 17.7 Å². The molecule has 1 unspecified atom stereocenters. The Morgan fingerprint density at radius 2 is 1.90 bits per heavy atom. The molecule has 0 aliphatic carbocycles. The minimum absolute atomic E-state index is 0.159. The highest BCUT2D eigenvalue weighted by Gasteiger charge is 2.39. The lowest BCUT2D eigenvalue weighted by molar-refractivity contribution is -0.137. The number of carbonyl (C=O) groups excluding carboxylic acids is 5. The summed E-state index contributed by atoms with van der Waals surface area (Å²) in [6, 6.07) is 4.10. The van der Waals surface area contributed by atoms with E-state index in [2.05, 4.69) is 20.7 Å². The second-order valence-corrected chi connectivity index (χ2v) is 10.8. The SMILES string of the molecule is CC(C)(C)OC(=O)N(CCCOCCOCCN=[N+]=[N-])CC(=O)Nc1ccc2c(c1)CN(C1CCC(=O)NC1=O)C2=O. The van der Waals surface area contributed by atoms with Crippen molar-refractivity contribution in [2.24, 2.45) is 5.11 Å². The zero-order chi connectivity index (χ0) is 30.7. The fraction of sp³-hybridized carbons (Fsp3) is 0.593. The van der Waals surface area contributed by atoms with Gasteiger partial charge in [-0.25, -0.2) is 4.79 Å². The van der Waals surface area contributed by atoms with Gasteiger partial charge in [-0.3, -0.25) is 29.4 Å². The molecule has 228 valence electrons. The van der Waals surface area contributed by atoms with Crippen molar-refractivity contribution in [3.05, 3.63) is 39.8 Å². The summed E-state index contributed by atoms with van der Waals surface area (Å²) in [6.45, 7) is 6.84.